The molecule has 0 atom stereocenters. The summed E-state index contributed by atoms with van der Waals surface area (Å²) in [4.78, 5) is 10.5. The van der Waals surface area contributed by atoms with Crippen LogP contribution in [0.1, 0.15) is 5.56 Å². The number of aliphatic carboxylic acids is 1. The van der Waals surface area contributed by atoms with Crippen LogP contribution in [0, 0.1) is 0 Å². The Bertz CT molecular complexity index is 684. The molecule has 0 saturated heterocycles. The lowest BCUT2D eigenvalue weighted by Crippen LogP contribution is -2.17. The van der Waals surface area contributed by atoms with Crippen LogP contribution in [0.3, 0.4) is 0 Å². The third-order valence-electron chi connectivity index (χ3n) is 2.60. The van der Waals surface area contributed by atoms with Crippen molar-refractivity contribution < 1.29 is 18.3 Å². The molecule has 0 unspecified atom stereocenters. The molecule has 0 aliphatic carbocycles. The summed E-state index contributed by atoms with van der Waals surface area (Å²) < 4.78 is 23.3. The molecule has 2 aromatic rings. The third-order valence-corrected chi connectivity index (χ3v) is 4.04. The first-order valence-electron chi connectivity index (χ1n) is 5.37. The molecule has 0 aromatic heterocycles. The Labute approximate surface area is 105 Å². The Hall–Kier alpha value is -1.88. The van der Waals surface area contributed by atoms with Gasteiger partial charge in [-0.25, -0.2) is 8.42 Å². The number of carboxylic acids is 1. The Kier molecular flexibility index (Phi) is 3.34. The molecule has 2 aromatic carbocycles. The molecule has 0 saturated carbocycles. The minimum absolute atomic E-state index is 0.249. The molecule has 0 spiro atoms. The van der Waals surface area contributed by atoms with Gasteiger partial charge in [-0.15, -0.1) is 0 Å². The maximum Gasteiger partial charge on any atom is 0.318 e. The minimum atomic E-state index is -3.62. The van der Waals surface area contributed by atoms with Crippen molar-refractivity contribution in [2.45, 2.75) is 5.75 Å². The average Bonchev–Trinajstić information content (AvgIpc) is 2.27. The van der Waals surface area contributed by atoms with E-state index in [1.165, 1.54) is 0 Å². The van der Waals surface area contributed by atoms with E-state index in [-0.39, 0.29) is 5.75 Å². The first-order chi connectivity index (χ1) is 8.48. The van der Waals surface area contributed by atoms with Crippen molar-refractivity contribution in [1.82, 2.24) is 0 Å². The van der Waals surface area contributed by atoms with Crippen molar-refractivity contribution >= 4 is 26.6 Å². The fourth-order valence-electron chi connectivity index (χ4n) is 1.89. The van der Waals surface area contributed by atoms with Gasteiger partial charge in [0.15, 0.2) is 9.84 Å². The molecule has 4 nitrogen and oxygen atoms in total. The van der Waals surface area contributed by atoms with Gasteiger partial charge >= 0.3 is 5.97 Å². The summed E-state index contributed by atoms with van der Waals surface area (Å²) in [6, 6.07) is 12.8. The van der Waals surface area contributed by atoms with Gasteiger partial charge in [0.05, 0.1) is 5.75 Å². The van der Waals surface area contributed by atoms with Gasteiger partial charge in [-0.2, -0.15) is 0 Å². The van der Waals surface area contributed by atoms with Gasteiger partial charge in [0.25, 0.3) is 0 Å². The van der Waals surface area contributed by atoms with Gasteiger partial charge in [0.1, 0.15) is 5.75 Å². The van der Waals surface area contributed by atoms with Crippen LogP contribution < -0.4 is 0 Å². The van der Waals surface area contributed by atoms with E-state index in [1.807, 2.05) is 30.3 Å². The van der Waals surface area contributed by atoms with E-state index < -0.39 is 21.6 Å². The Morgan fingerprint density at radius 1 is 1.06 bits per heavy atom. The molecule has 0 bridgehead atoms. The van der Waals surface area contributed by atoms with Crippen molar-refractivity contribution in [2.75, 3.05) is 5.75 Å². The van der Waals surface area contributed by atoms with Crippen LogP contribution in [-0.4, -0.2) is 25.2 Å². The molecule has 0 aliphatic heterocycles. The second-order valence-electron chi connectivity index (χ2n) is 4.06. The van der Waals surface area contributed by atoms with E-state index in [9.17, 15) is 13.2 Å². The highest BCUT2D eigenvalue weighted by Gasteiger charge is 2.17. The van der Waals surface area contributed by atoms with Crippen LogP contribution in [-0.2, 0) is 20.4 Å². The number of benzene rings is 2. The van der Waals surface area contributed by atoms with Crippen LogP contribution in [0.2, 0.25) is 0 Å². The summed E-state index contributed by atoms with van der Waals surface area (Å²) in [5.41, 5.74) is 0.634. The van der Waals surface area contributed by atoms with Gasteiger partial charge < -0.3 is 5.11 Å². The van der Waals surface area contributed by atoms with E-state index >= 15 is 0 Å². The number of hydrogen-bond acceptors (Lipinski definition) is 3. The normalized spacial score (nSPS) is 11.6. The maximum atomic E-state index is 11.7. The largest absolute Gasteiger partial charge is 0.480 e. The van der Waals surface area contributed by atoms with Gasteiger partial charge in [-0.05, 0) is 16.3 Å². The first kappa shape index (κ1) is 12.6. The van der Waals surface area contributed by atoms with Gasteiger partial charge in [-0.3, -0.25) is 4.79 Å². The van der Waals surface area contributed by atoms with Crippen LogP contribution in [0.15, 0.2) is 42.5 Å². The Morgan fingerprint density at radius 2 is 1.72 bits per heavy atom. The third kappa shape index (κ3) is 2.87. The number of fused-ring (bicyclic) bond motifs is 1. The van der Waals surface area contributed by atoms with Crippen molar-refractivity contribution in [3.05, 3.63) is 48.0 Å². The van der Waals surface area contributed by atoms with Crippen LogP contribution in [0.5, 0.6) is 0 Å². The van der Waals surface area contributed by atoms with Crippen LogP contribution in [0.4, 0.5) is 0 Å². The quantitative estimate of drug-likeness (QED) is 0.914. The van der Waals surface area contributed by atoms with Gasteiger partial charge in [0, 0.05) is 0 Å². The van der Waals surface area contributed by atoms with E-state index in [0.29, 0.717) is 5.56 Å². The summed E-state index contributed by atoms with van der Waals surface area (Å²) in [7, 11) is -3.62. The average molecular weight is 264 g/mol. The standard InChI is InChI=1S/C13H12O4S/c14-13(15)9-18(16,17)8-11-6-3-5-10-4-1-2-7-12(10)11/h1-7H,8-9H2,(H,14,15). The molecule has 1 N–H and O–H groups in total. The zero-order chi connectivity index (χ0) is 13.2. The summed E-state index contributed by atoms with van der Waals surface area (Å²) >= 11 is 0. The molecule has 0 radical (unpaired) electrons. The molecule has 18 heavy (non-hydrogen) atoms. The molecular formula is C13H12O4S. The highest BCUT2D eigenvalue weighted by molar-refractivity contribution is 7.91. The smallest absolute Gasteiger partial charge is 0.318 e. The lowest BCUT2D eigenvalue weighted by atomic mass is 10.1. The zero-order valence-corrected chi connectivity index (χ0v) is 10.4. The summed E-state index contributed by atoms with van der Waals surface area (Å²) in [6.45, 7) is 0. The lowest BCUT2D eigenvalue weighted by Gasteiger charge is -2.06. The number of rotatable bonds is 4. The van der Waals surface area contributed by atoms with Crippen molar-refractivity contribution in [1.29, 1.82) is 0 Å². The highest BCUT2D eigenvalue weighted by atomic mass is 32.2. The number of hydrogen-bond donors (Lipinski definition) is 1. The molecule has 94 valence electrons. The Balaban J connectivity index is 2.41. The fourth-order valence-corrected chi connectivity index (χ4v) is 3.10. The Morgan fingerprint density at radius 3 is 2.44 bits per heavy atom. The zero-order valence-electron chi connectivity index (χ0n) is 9.54. The van der Waals surface area contributed by atoms with Gasteiger partial charge in [-0.1, -0.05) is 42.5 Å². The van der Waals surface area contributed by atoms with E-state index in [0.717, 1.165) is 10.8 Å². The molecular weight excluding hydrogens is 252 g/mol. The molecule has 0 amide bonds. The van der Waals surface area contributed by atoms with Crippen LogP contribution >= 0.6 is 0 Å². The first-order valence-corrected chi connectivity index (χ1v) is 7.19. The molecule has 5 heteroatoms. The van der Waals surface area contributed by atoms with Crippen molar-refractivity contribution in [3.63, 3.8) is 0 Å². The second kappa shape index (κ2) is 4.78. The van der Waals surface area contributed by atoms with Crippen LogP contribution in [0.25, 0.3) is 10.8 Å². The van der Waals surface area contributed by atoms with E-state index in [4.69, 9.17) is 5.11 Å². The fraction of sp³-hybridized carbons (Fsp3) is 0.154. The summed E-state index contributed by atoms with van der Waals surface area (Å²) in [5.74, 6) is -2.41. The van der Waals surface area contributed by atoms with E-state index in [1.54, 1.807) is 12.1 Å². The SMILES string of the molecule is O=C(O)CS(=O)(=O)Cc1cccc2ccccc12. The molecule has 0 heterocycles. The highest BCUT2D eigenvalue weighted by Crippen LogP contribution is 2.20. The molecule has 2 rings (SSSR count). The monoisotopic (exact) mass is 264 g/mol. The lowest BCUT2D eigenvalue weighted by molar-refractivity contribution is -0.134. The summed E-state index contributed by atoms with van der Waals surface area (Å²) in [5, 5.41) is 10.3. The minimum Gasteiger partial charge on any atom is -0.480 e. The summed E-state index contributed by atoms with van der Waals surface area (Å²) in [6.07, 6.45) is 0. The van der Waals surface area contributed by atoms with E-state index in [2.05, 4.69) is 0 Å². The topological polar surface area (TPSA) is 71.4 Å². The second-order valence-corrected chi connectivity index (χ2v) is 6.13. The number of sulfone groups is 1. The van der Waals surface area contributed by atoms with Gasteiger partial charge in [0.2, 0.25) is 0 Å². The van der Waals surface area contributed by atoms with Crippen molar-refractivity contribution in [2.24, 2.45) is 0 Å². The molecule has 0 aliphatic rings. The number of carbonyl (C=O) groups is 1. The molecule has 0 fully saturated rings. The number of carboxylic acid groups (broad SMARTS) is 1. The maximum absolute atomic E-state index is 11.7. The predicted octanol–water partition coefficient (Wildman–Crippen LogP) is 1.84. The van der Waals surface area contributed by atoms with Crippen molar-refractivity contribution in [3.8, 4) is 0 Å². The predicted molar refractivity (Wildman–Crippen MR) is 69.1 cm³/mol.